The fraction of sp³-hybridized carbons (Fsp3) is 0.615. The standard InChI is InChI=1S/C26H31N3O5/c1-32-20-5-2-4-19(11-20)23-27-22(34-28-23)15-33-24(30)21-6-3-7-29(21)25(31)26-12-16-8-17(13-26)10-18(9-16)14-26/h2,4-5,11,16-18,21H,3,6-10,12-15H2,1H3. The molecule has 1 unspecified atom stereocenters. The maximum Gasteiger partial charge on any atom is 0.329 e. The number of nitrogens with zero attached hydrogens (tertiary/aromatic N) is 3. The molecule has 7 rings (SSSR count). The van der Waals surface area contributed by atoms with Gasteiger partial charge in [0.05, 0.1) is 12.5 Å². The molecule has 4 bridgehead atoms. The van der Waals surface area contributed by atoms with Gasteiger partial charge in [0, 0.05) is 12.1 Å². The first-order valence-electron chi connectivity index (χ1n) is 12.5. The first kappa shape index (κ1) is 21.6. The molecule has 0 spiro atoms. The van der Waals surface area contributed by atoms with Crippen LogP contribution in [0.2, 0.25) is 0 Å². The smallest absolute Gasteiger partial charge is 0.329 e. The van der Waals surface area contributed by atoms with E-state index < -0.39 is 6.04 Å². The van der Waals surface area contributed by atoms with E-state index in [1.807, 2.05) is 29.2 Å². The van der Waals surface area contributed by atoms with Gasteiger partial charge in [-0.2, -0.15) is 4.98 Å². The third-order valence-corrected chi connectivity index (χ3v) is 8.41. The van der Waals surface area contributed by atoms with Crippen LogP contribution in [0.1, 0.15) is 57.3 Å². The molecule has 8 nitrogen and oxygen atoms in total. The molecule has 0 N–H and O–H groups in total. The highest BCUT2D eigenvalue weighted by Crippen LogP contribution is 2.60. The fourth-order valence-electron chi connectivity index (χ4n) is 7.35. The van der Waals surface area contributed by atoms with Gasteiger partial charge < -0.3 is 18.9 Å². The van der Waals surface area contributed by atoms with Gasteiger partial charge in [-0.25, -0.2) is 4.79 Å². The molecule has 5 fully saturated rings. The topological polar surface area (TPSA) is 94.8 Å². The van der Waals surface area contributed by atoms with Crippen LogP contribution in [0.3, 0.4) is 0 Å². The van der Waals surface area contributed by atoms with Crippen molar-refractivity contribution in [2.45, 2.75) is 64.0 Å². The summed E-state index contributed by atoms with van der Waals surface area (Å²) in [5, 5.41) is 3.99. The lowest BCUT2D eigenvalue weighted by Gasteiger charge is -2.56. The molecule has 180 valence electrons. The molecule has 4 aliphatic carbocycles. The Morgan fingerprint density at radius 3 is 2.59 bits per heavy atom. The maximum absolute atomic E-state index is 13.8. The van der Waals surface area contributed by atoms with E-state index >= 15 is 0 Å². The molecule has 8 heteroatoms. The zero-order valence-electron chi connectivity index (χ0n) is 19.6. The van der Waals surface area contributed by atoms with Crippen LogP contribution in [0.25, 0.3) is 11.4 Å². The molecular formula is C26H31N3O5. The number of esters is 1. The number of aromatic nitrogens is 2. The van der Waals surface area contributed by atoms with Crippen molar-refractivity contribution in [2.24, 2.45) is 23.2 Å². The Bertz CT molecular complexity index is 1060. The van der Waals surface area contributed by atoms with E-state index in [9.17, 15) is 9.59 Å². The van der Waals surface area contributed by atoms with E-state index in [4.69, 9.17) is 14.0 Å². The van der Waals surface area contributed by atoms with Gasteiger partial charge in [0.1, 0.15) is 11.8 Å². The minimum atomic E-state index is -0.513. The summed E-state index contributed by atoms with van der Waals surface area (Å²) in [7, 11) is 1.60. The summed E-state index contributed by atoms with van der Waals surface area (Å²) in [6.45, 7) is 0.534. The average molecular weight is 466 g/mol. The second-order valence-corrected chi connectivity index (χ2v) is 10.7. The Hall–Kier alpha value is -2.90. The van der Waals surface area contributed by atoms with Gasteiger partial charge in [-0.05, 0) is 81.3 Å². The van der Waals surface area contributed by atoms with Crippen molar-refractivity contribution < 1.29 is 23.6 Å². The Kier molecular flexibility index (Phi) is 5.34. The highest BCUT2D eigenvalue weighted by atomic mass is 16.6. The van der Waals surface area contributed by atoms with Crippen molar-refractivity contribution in [1.29, 1.82) is 0 Å². The number of hydrogen-bond acceptors (Lipinski definition) is 7. The number of likely N-dealkylation sites (tertiary alicyclic amines) is 1. The van der Waals surface area contributed by atoms with Crippen LogP contribution in [0, 0.1) is 23.2 Å². The number of ether oxygens (including phenoxy) is 2. The van der Waals surface area contributed by atoms with E-state index in [0.717, 1.165) is 31.2 Å². The summed E-state index contributed by atoms with van der Waals surface area (Å²) in [6, 6.07) is 6.84. The monoisotopic (exact) mass is 465 g/mol. The van der Waals surface area contributed by atoms with Gasteiger partial charge in [0.25, 0.3) is 5.89 Å². The third-order valence-electron chi connectivity index (χ3n) is 8.41. The molecule has 34 heavy (non-hydrogen) atoms. The Labute approximate surface area is 199 Å². The van der Waals surface area contributed by atoms with Crippen molar-refractivity contribution in [2.75, 3.05) is 13.7 Å². The van der Waals surface area contributed by atoms with E-state index in [0.29, 0.717) is 42.3 Å². The number of rotatable bonds is 6. The number of hydrogen-bond donors (Lipinski definition) is 0. The molecule has 1 amide bonds. The van der Waals surface area contributed by atoms with Crippen molar-refractivity contribution >= 4 is 11.9 Å². The third kappa shape index (κ3) is 3.77. The number of carbonyl (C=O) groups is 2. The lowest BCUT2D eigenvalue weighted by atomic mass is 9.49. The molecule has 1 atom stereocenters. The van der Waals surface area contributed by atoms with Crippen molar-refractivity contribution in [1.82, 2.24) is 15.0 Å². The van der Waals surface area contributed by atoms with Crippen LogP contribution >= 0.6 is 0 Å². The lowest BCUT2D eigenvalue weighted by Crippen LogP contribution is -2.56. The average Bonchev–Trinajstić information content (AvgIpc) is 3.51. The lowest BCUT2D eigenvalue weighted by molar-refractivity contribution is -0.166. The zero-order valence-corrected chi connectivity index (χ0v) is 19.6. The van der Waals surface area contributed by atoms with E-state index in [1.165, 1.54) is 19.3 Å². The number of carbonyl (C=O) groups excluding carboxylic acids is 2. The minimum absolute atomic E-state index is 0.105. The molecule has 0 radical (unpaired) electrons. The minimum Gasteiger partial charge on any atom is -0.497 e. The largest absolute Gasteiger partial charge is 0.497 e. The summed E-state index contributed by atoms with van der Waals surface area (Å²) in [6.07, 6.45) is 8.37. The summed E-state index contributed by atoms with van der Waals surface area (Å²) >= 11 is 0. The van der Waals surface area contributed by atoms with E-state index in [2.05, 4.69) is 10.1 Å². The highest BCUT2D eigenvalue weighted by molar-refractivity contribution is 5.89. The number of methoxy groups -OCH3 is 1. The van der Waals surface area contributed by atoms with Gasteiger partial charge in [0.2, 0.25) is 11.7 Å². The van der Waals surface area contributed by atoms with Crippen LogP contribution in [0.4, 0.5) is 0 Å². The second-order valence-electron chi connectivity index (χ2n) is 10.7. The molecular weight excluding hydrogens is 434 g/mol. The van der Waals surface area contributed by atoms with Crippen LogP contribution < -0.4 is 4.74 Å². The fourth-order valence-corrected chi connectivity index (χ4v) is 7.35. The normalized spacial score (nSPS) is 31.6. The molecule has 5 aliphatic rings. The van der Waals surface area contributed by atoms with Crippen molar-refractivity contribution in [3.8, 4) is 17.1 Å². The summed E-state index contributed by atoms with van der Waals surface area (Å²) in [5.41, 5.74) is 0.513. The molecule has 1 aromatic carbocycles. The number of amides is 1. The molecule has 1 aromatic heterocycles. The molecule has 4 saturated carbocycles. The van der Waals surface area contributed by atoms with Gasteiger partial charge in [-0.1, -0.05) is 17.3 Å². The van der Waals surface area contributed by atoms with Crippen LogP contribution in [0.15, 0.2) is 28.8 Å². The van der Waals surface area contributed by atoms with E-state index in [-0.39, 0.29) is 29.8 Å². The highest BCUT2D eigenvalue weighted by Gasteiger charge is 2.57. The van der Waals surface area contributed by atoms with E-state index in [1.54, 1.807) is 7.11 Å². The predicted octanol–water partition coefficient (Wildman–Crippen LogP) is 4.00. The molecule has 2 aromatic rings. The Balaban J connectivity index is 1.10. The number of benzene rings is 1. The first-order chi connectivity index (χ1) is 16.5. The first-order valence-corrected chi connectivity index (χ1v) is 12.5. The summed E-state index contributed by atoms with van der Waals surface area (Å²) < 4.78 is 16.1. The quantitative estimate of drug-likeness (QED) is 0.595. The molecule has 2 heterocycles. The van der Waals surface area contributed by atoms with Crippen LogP contribution in [-0.4, -0.2) is 46.6 Å². The Morgan fingerprint density at radius 1 is 1.15 bits per heavy atom. The zero-order chi connectivity index (χ0) is 23.3. The van der Waals surface area contributed by atoms with Crippen molar-refractivity contribution in [3.63, 3.8) is 0 Å². The summed E-state index contributed by atoms with van der Waals surface area (Å²) in [5.74, 6) is 3.23. The molecule has 1 aliphatic heterocycles. The van der Waals surface area contributed by atoms with Crippen LogP contribution in [0.5, 0.6) is 5.75 Å². The second kappa shape index (κ2) is 8.40. The Morgan fingerprint density at radius 2 is 1.88 bits per heavy atom. The molecule has 1 saturated heterocycles. The van der Waals surface area contributed by atoms with Crippen LogP contribution in [-0.2, 0) is 20.9 Å². The van der Waals surface area contributed by atoms with Gasteiger partial charge in [0.15, 0.2) is 6.61 Å². The SMILES string of the molecule is COc1cccc(-c2noc(COC(=O)C3CCCN3C(=O)C34CC5CC(CC(C5)C3)C4)n2)c1. The van der Waals surface area contributed by atoms with Gasteiger partial charge >= 0.3 is 5.97 Å². The summed E-state index contributed by atoms with van der Waals surface area (Å²) in [4.78, 5) is 32.9. The van der Waals surface area contributed by atoms with Gasteiger partial charge in [-0.3, -0.25) is 4.79 Å². The maximum atomic E-state index is 13.8. The predicted molar refractivity (Wildman–Crippen MR) is 121 cm³/mol. The van der Waals surface area contributed by atoms with Gasteiger partial charge in [-0.15, -0.1) is 0 Å². The van der Waals surface area contributed by atoms with Crippen molar-refractivity contribution in [3.05, 3.63) is 30.2 Å².